The zero-order chi connectivity index (χ0) is 86.7. The minimum atomic E-state index is -2.64. The van der Waals surface area contributed by atoms with Gasteiger partial charge >= 0.3 is 7.12 Å². The van der Waals surface area contributed by atoms with E-state index in [1.807, 2.05) is 199 Å². The normalized spacial score (nSPS) is 14.5. The van der Waals surface area contributed by atoms with Crippen LogP contribution in [0.2, 0.25) is 5.28 Å². The van der Waals surface area contributed by atoms with Crippen LogP contribution in [0, 0.1) is 0 Å². The minimum absolute atomic E-state index is 0.191. The van der Waals surface area contributed by atoms with E-state index in [9.17, 15) is 18.3 Å². The summed E-state index contributed by atoms with van der Waals surface area (Å²) < 4.78 is 67.3. The Morgan fingerprint density at radius 2 is 0.492 bits per heavy atom. The van der Waals surface area contributed by atoms with Gasteiger partial charge in [0.1, 0.15) is 28.6 Å². The lowest BCUT2D eigenvalue weighted by molar-refractivity contribution is 0.00578. The van der Waals surface area contributed by atoms with Crippen molar-refractivity contribution in [1.29, 1.82) is 0 Å². The Morgan fingerprint density at radius 3 is 0.815 bits per heavy atom. The highest BCUT2D eigenvalue weighted by Gasteiger charge is 2.54. The van der Waals surface area contributed by atoms with Crippen LogP contribution in [0.5, 0.6) is 0 Å². The lowest BCUT2D eigenvalue weighted by atomic mass is 9.66. The fraction of sp³-hybridized carbons (Fsp3) is 0.151. The summed E-state index contributed by atoms with van der Waals surface area (Å²) in [5, 5.41) is 3.50. The van der Waals surface area contributed by atoms with Gasteiger partial charge < -0.3 is 27.6 Å². The molecule has 614 valence electrons. The zero-order valence-corrected chi connectivity index (χ0v) is 75.7. The Morgan fingerprint density at radius 1 is 0.250 bits per heavy atom. The van der Waals surface area contributed by atoms with E-state index >= 15 is 0 Å². The second-order valence-corrected chi connectivity index (χ2v) is 47.7. The molecule has 3 aliphatic rings. The topological polar surface area (TPSA) is 164 Å². The Bertz CT molecular complexity index is 6770. The van der Waals surface area contributed by atoms with E-state index in [4.69, 9.17) is 35.9 Å². The van der Waals surface area contributed by atoms with Gasteiger partial charge in [-0.1, -0.05) is 322 Å². The molecule has 19 rings (SSSR count). The molecule has 14 aromatic carbocycles. The third kappa shape index (κ3) is 16.4. The van der Waals surface area contributed by atoms with Crippen LogP contribution >= 0.6 is 40.2 Å². The molecular weight excluding hydrogens is 1620 g/mol. The fourth-order valence-corrected chi connectivity index (χ4v) is 20.8. The van der Waals surface area contributed by atoms with Crippen LogP contribution < -0.4 is 26.7 Å². The second kappa shape index (κ2) is 33.4. The molecule has 2 aromatic heterocycles. The summed E-state index contributed by atoms with van der Waals surface area (Å²) in [6, 6.07) is 120. The number of hydrogen-bond donors (Lipinski definition) is 0. The van der Waals surface area contributed by atoms with E-state index in [-0.39, 0.29) is 5.28 Å². The number of nitrogens with zero attached hydrogens (tertiary/aromatic N) is 6. The number of benzene rings is 14. The maximum atomic E-state index is 13.7. The number of hydrogen-bond acceptors (Lipinski definition) is 12. The van der Waals surface area contributed by atoms with Crippen molar-refractivity contribution < 1.29 is 27.6 Å². The van der Waals surface area contributed by atoms with Crippen LogP contribution in [0.25, 0.3) is 101 Å². The van der Waals surface area contributed by atoms with Gasteiger partial charge in [-0.05, 0) is 217 Å². The molecule has 0 amide bonds. The third-order valence-electron chi connectivity index (χ3n) is 24.3. The van der Waals surface area contributed by atoms with Crippen LogP contribution in [-0.4, -0.2) is 102 Å². The fourth-order valence-electron chi connectivity index (χ4n) is 17.1. The molecule has 0 bridgehead atoms. The van der Waals surface area contributed by atoms with Crippen molar-refractivity contribution in [2.45, 2.75) is 49.7 Å². The van der Waals surface area contributed by atoms with Gasteiger partial charge in [0.2, 0.25) is 5.28 Å². The Labute approximate surface area is 732 Å². The van der Waals surface area contributed by atoms with E-state index in [1.165, 1.54) is 5.56 Å². The smallest absolute Gasteiger partial charge is 0.399 e. The molecule has 2 aliphatic carbocycles. The maximum absolute atomic E-state index is 13.7. The predicted molar refractivity (Wildman–Crippen MR) is 516 cm³/mol. The van der Waals surface area contributed by atoms with Crippen LogP contribution in [0.1, 0.15) is 72.2 Å². The van der Waals surface area contributed by atoms with Crippen molar-refractivity contribution in [2.75, 3.05) is 53.3 Å². The van der Waals surface area contributed by atoms with E-state index in [0.717, 1.165) is 138 Å². The lowest BCUT2D eigenvalue weighted by Gasteiger charge is -2.35. The first-order chi connectivity index (χ1) is 59.3. The largest absolute Gasteiger partial charge is 0.494 e. The standard InChI is InChI=1S/C50H41N3O2P2.C35H39BO4P2.C21H14ClN3/c1-56(2,54)41-27-29-43-44-30-28-42(57(3,4)55)33-46(44)50(45(43)32-41,39-20-12-7-13-21-39)40-22-14-19-38(31-40)49-52-47(36-17-10-6-11-18-36)51-48(53-49)37-25-23-35(24-26-37)34-15-8-5-9-16-34;1-33(2)34(3,4)40-36(39-33)26-16-12-15-25(21-26)35(24-13-10-9-11-14-24)31-22-27(41(5,6)37)17-19-29(31)30-20-18-28(23-32(30)35)42(7,8)38;22-21-24-19(17-9-5-2-6-10-17)23-20(25-21)18-13-11-16(12-14-18)15-7-3-1-4-8-15/h5-33H,1-4H3;9-23H,1-8H3;1-14H. The minimum Gasteiger partial charge on any atom is -0.399 e. The maximum Gasteiger partial charge on any atom is 0.494 e. The first kappa shape index (κ1) is 84.5. The quantitative estimate of drug-likeness (QED) is 0.0665. The number of aromatic nitrogens is 6. The van der Waals surface area contributed by atoms with Crippen molar-refractivity contribution in [3.63, 3.8) is 0 Å². The average Bonchev–Trinajstić information content (AvgIpc) is 1.53. The molecule has 3 heterocycles. The van der Waals surface area contributed by atoms with Gasteiger partial charge in [0.15, 0.2) is 29.1 Å². The molecule has 12 nitrogen and oxygen atoms in total. The SMILES string of the molecule is CC1(C)OB(c2cccc(C3(c4ccccc4)c4cc(P(C)(C)=O)ccc4-c4ccc(P(C)(C)=O)cc43)c2)OC1(C)C.CP(C)(=O)c1ccc2c(c1)C(c1ccccc1)(c1cccc(-c3nc(-c4ccccc4)nc(-c4ccc(-c5ccccc5)cc4)n3)c1)c1cc(P(C)(C)=O)ccc1-2.Clc1nc(-c2ccccc2)nc(-c2ccc(-c3ccccc3)cc2)n1. The van der Waals surface area contributed by atoms with Gasteiger partial charge in [0.25, 0.3) is 0 Å². The molecule has 1 saturated heterocycles. The van der Waals surface area contributed by atoms with Crippen molar-refractivity contribution >= 4 is 74.0 Å². The summed E-state index contributed by atoms with van der Waals surface area (Å²) in [5.41, 5.74) is 20.2. The Kier molecular flexibility index (Phi) is 22.8. The van der Waals surface area contributed by atoms with Crippen molar-refractivity contribution in [3.8, 4) is 101 Å². The monoisotopic (exact) mass is 1720 g/mol. The van der Waals surface area contributed by atoms with Crippen LogP contribution in [0.4, 0.5) is 0 Å². The highest BCUT2D eigenvalue weighted by atomic mass is 35.5. The number of fused-ring (bicyclic) bond motifs is 6. The van der Waals surface area contributed by atoms with E-state index in [0.29, 0.717) is 29.1 Å². The summed E-state index contributed by atoms with van der Waals surface area (Å²) >= 11 is 6.11. The number of rotatable bonds is 16. The summed E-state index contributed by atoms with van der Waals surface area (Å²) in [6.45, 7) is 22.8. The third-order valence-corrected chi connectivity index (χ3v) is 30.6. The number of halogens is 1. The van der Waals surface area contributed by atoms with Gasteiger partial charge in [0, 0.05) is 49.0 Å². The molecule has 0 N–H and O–H groups in total. The van der Waals surface area contributed by atoms with Crippen molar-refractivity contribution in [1.82, 2.24) is 29.9 Å². The van der Waals surface area contributed by atoms with Gasteiger partial charge in [-0.2, -0.15) is 9.97 Å². The van der Waals surface area contributed by atoms with Gasteiger partial charge in [0.05, 0.1) is 22.0 Å². The van der Waals surface area contributed by atoms with Crippen LogP contribution in [-0.2, 0) is 38.4 Å². The molecule has 124 heavy (non-hydrogen) atoms. The second-order valence-electron chi connectivity index (χ2n) is 34.5. The van der Waals surface area contributed by atoms with Crippen LogP contribution in [0.3, 0.4) is 0 Å². The van der Waals surface area contributed by atoms with Gasteiger partial charge in [-0.25, -0.2) is 19.9 Å². The Balaban J connectivity index is 0.000000142. The van der Waals surface area contributed by atoms with Gasteiger partial charge in [-0.3, -0.25) is 0 Å². The van der Waals surface area contributed by atoms with E-state index in [2.05, 4.69) is 249 Å². The average molecular weight is 1720 g/mol. The molecule has 0 unspecified atom stereocenters. The first-order valence-corrected chi connectivity index (χ1v) is 52.2. The summed E-state index contributed by atoms with van der Waals surface area (Å²) in [4.78, 5) is 28.4. The van der Waals surface area contributed by atoms with E-state index < -0.39 is 57.7 Å². The van der Waals surface area contributed by atoms with Crippen molar-refractivity contribution in [2.24, 2.45) is 0 Å². The molecule has 0 atom stereocenters. The molecule has 1 aliphatic heterocycles. The molecule has 18 heteroatoms. The molecule has 0 radical (unpaired) electrons. The van der Waals surface area contributed by atoms with Gasteiger partial charge in [-0.15, -0.1) is 0 Å². The predicted octanol–water partition coefficient (Wildman–Crippen LogP) is 23.8. The van der Waals surface area contributed by atoms with Crippen LogP contribution in [0.15, 0.2) is 352 Å². The highest BCUT2D eigenvalue weighted by molar-refractivity contribution is 7.71. The molecule has 16 aromatic rings. The first-order valence-electron chi connectivity index (χ1n) is 41.4. The molecule has 1 fully saturated rings. The zero-order valence-electron chi connectivity index (χ0n) is 71.4. The molecular formula is C106H94BClN6O6P4. The summed E-state index contributed by atoms with van der Waals surface area (Å²) in [5.74, 6) is 2.85. The highest BCUT2D eigenvalue weighted by Crippen LogP contribution is 2.60. The molecule has 0 spiro atoms. The summed E-state index contributed by atoms with van der Waals surface area (Å²) in [6.07, 6.45) is 0. The van der Waals surface area contributed by atoms with Crippen molar-refractivity contribution in [3.05, 3.63) is 402 Å². The summed E-state index contributed by atoms with van der Waals surface area (Å²) in [7, 11) is -10.9. The Hall–Kier alpha value is -11.7. The lowest BCUT2D eigenvalue weighted by Crippen LogP contribution is -2.41. The molecule has 0 saturated carbocycles. The van der Waals surface area contributed by atoms with E-state index in [1.54, 1.807) is 0 Å².